The van der Waals surface area contributed by atoms with Crippen LogP contribution < -0.4 is 15.1 Å². The van der Waals surface area contributed by atoms with Gasteiger partial charge >= 0.3 is 0 Å². The second kappa shape index (κ2) is 16.7. The van der Waals surface area contributed by atoms with Crippen molar-refractivity contribution in [3.63, 3.8) is 0 Å². The maximum absolute atomic E-state index is 9.57. The number of nitriles is 1. The van der Waals surface area contributed by atoms with Gasteiger partial charge in [-0.2, -0.15) is 10.2 Å². The zero-order valence-corrected chi connectivity index (χ0v) is 26.5. The molecule has 2 fully saturated rings. The van der Waals surface area contributed by atoms with E-state index >= 15 is 0 Å². The molecule has 3 N–H and O–H groups in total. The fourth-order valence-electron chi connectivity index (χ4n) is 5.04. The third-order valence-electron chi connectivity index (χ3n) is 7.22. The lowest BCUT2D eigenvalue weighted by molar-refractivity contribution is -0.135. The molecular formula is C31H42N10O4. The van der Waals surface area contributed by atoms with Crippen LogP contribution in [0.3, 0.4) is 0 Å². The molecule has 14 nitrogen and oxygen atoms in total. The fraction of sp³-hybridized carbons (Fsp3) is 0.452. The quantitative estimate of drug-likeness (QED) is 0.169. The van der Waals surface area contributed by atoms with Crippen LogP contribution in [0.15, 0.2) is 53.8 Å². The summed E-state index contributed by atoms with van der Waals surface area (Å²) in [5.74, 6) is 0.979. The zero-order valence-electron chi connectivity index (χ0n) is 26.5. The van der Waals surface area contributed by atoms with Gasteiger partial charge in [-0.05, 0) is 43.3 Å². The minimum Gasteiger partial charge on any atom is -0.481 e. The number of rotatable bonds is 4. The van der Waals surface area contributed by atoms with E-state index in [1.807, 2.05) is 42.6 Å². The molecule has 14 heteroatoms. The minimum atomic E-state index is -0.833. The van der Waals surface area contributed by atoms with E-state index in [-0.39, 0.29) is 6.04 Å². The van der Waals surface area contributed by atoms with Crippen molar-refractivity contribution in [3.05, 3.63) is 48.8 Å². The van der Waals surface area contributed by atoms with Gasteiger partial charge in [0.1, 0.15) is 5.82 Å². The number of fused-ring (bicyclic) bond motifs is 1. The normalized spacial score (nSPS) is 17.0. The Hall–Kier alpha value is -5.03. The van der Waals surface area contributed by atoms with Gasteiger partial charge < -0.3 is 29.8 Å². The molecular weight excluding hydrogens is 576 g/mol. The van der Waals surface area contributed by atoms with E-state index in [0.29, 0.717) is 18.4 Å². The standard InChI is InChI=1S/C27H34N10.2C2H4O2/c1-20(2)24-18-36(25-9-11-30-26(33-25)35-14-12-34(3)13-15-35)16-17-37(24)27(31-19-28)32-23-8-4-7-22-21(23)6-5-10-29-22;2*1-2(3)4/h4-11,20,24H,12-18H2,1-3H3,(H,31,32);2*1H3,(H,3,4). The summed E-state index contributed by atoms with van der Waals surface area (Å²) in [6, 6.07) is 11.9. The SMILES string of the molecule is CC(=O)O.CC(=O)O.CC(C)C1CN(c2ccnc(N3CCN(C)CC3)n2)CCN1C(=Nc1cccc2ncccc12)NC#N. The van der Waals surface area contributed by atoms with E-state index in [1.54, 1.807) is 6.20 Å². The lowest BCUT2D eigenvalue weighted by Crippen LogP contribution is -2.59. The summed E-state index contributed by atoms with van der Waals surface area (Å²) in [5.41, 5.74) is 1.67. The summed E-state index contributed by atoms with van der Waals surface area (Å²) in [7, 11) is 2.15. The van der Waals surface area contributed by atoms with Crippen LogP contribution in [0.25, 0.3) is 10.9 Å². The molecule has 2 aromatic heterocycles. The number of hydrogen-bond donors (Lipinski definition) is 3. The van der Waals surface area contributed by atoms with E-state index < -0.39 is 11.9 Å². The Morgan fingerprint density at radius 2 is 1.62 bits per heavy atom. The predicted molar refractivity (Wildman–Crippen MR) is 173 cm³/mol. The van der Waals surface area contributed by atoms with Crippen molar-refractivity contribution >= 4 is 46.3 Å². The number of pyridine rings is 1. The Morgan fingerprint density at radius 1 is 0.956 bits per heavy atom. The maximum atomic E-state index is 9.57. The number of piperazine rings is 2. The average Bonchev–Trinajstić information content (AvgIpc) is 3.00. The molecule has 0 saturated carbocycles. The summed E-state index contributed by atoms with van der Waals surface area (Å²) in [6.07, 6.45) is 5.75. The van der Waals surface area contributed by atoms with Crippen molar-refractivity contribution in [2.24, 2.45) is 10.9 Å². The number of aliphatic carboxylic acids is 2. The molecule has 1 aromatic carbocycles. The van der Waals surface area contributed by atoms with Gasteiger partial charge in [0.2, 0.25) is 11.9 Å². The van der Waals surface area contributed by atoms with Gasteiger partial charge in [0.15, 0.2) is 6.19 Å². The molecule has 240 valence electrons. The van der Waals surface area contributed by atoms with Crippen molar-refractivity contribution in [2.75, 3.05) is 62.7 Å². The molecule has 0 spiro atoms. The molecule has 0 radical (unpaired) electrons. The topological polar surface area (TPSA) is 174 Å². The van der Waals surface area contributed by atoms with Gasteiger partial charge in [-0.25, -0.2) is 9.98 Å². The number of nitrogens with zero attached hydrogens (tertiary/aromatic N) is 9. The fourth-order valence-corrected chi connectivity index (χ4v) is 5.04. The first-order valence-electron chi connectivity index (χ1n) is 14.7. The Kier molecular flexibility index (Phi) is 12.8. The molecule has 1 atom stereocenters. The van der Waals surface area contributed by atoms with Crippen molar-refractivity contribution < 1.29 is 19.8 Å². The van der Waals surface area contributed by atoms with E-state index in [4.69, 9.17) is 29.8 Å². The number of guanidine groups is 1. The highest BCUT2D eigenvalue weighted by Gasteiger charge is 2.32. The Morgan fingerprint density at radius 3 is 2.27 bits per heavy atom. The highest BCUT2D eigenvalue weighted by molar-refractivity contribution is 5.94. The van der Waals surface area contributed by atoms with E-state index in [0.717, 1.165) is 81.5 Å². The molecule has 1 unspecified atom stereocenters. The van der Waals surface area contributed by atoms with Crippen LogP contribution >= 0.6 is 0 Å². The third kappa shape index (κ3) is 10.3. The smallest absolute Gasteiger partial charge is 0.300 e. The van der Waals surface area contributed by atoms with Crippen molar-refractivity contribution in [1.82, 2.24) is 30.1 Å². The van der Waals surface area contributed by atoms with Crippen LogP contribution in [0.5, 0.6) is 0 Å². The summed E-state index contributed by atoms with van der Waals surface area (Å²) in [5, 5.41) is 28.2. The summed E-state index contributed by atoms with van der Waals surface area (Å²) < 4.78 is 0. The van der Waals surface area contributed by atoms with Gasteiger partial charge in [-0.1, -0.05) is 19.9 Å². The van der Waals surface area contributed by atoms with E-state index in [9.17, 15) is 5.26 Å². The first kappa shape index (κ1) is 34.5. The third-order valence-corrected chi connectivity index (χ3v) is 7.22. The molecule has 4 heterocycles. The number of aromatic nitrogens is 3. The molecule has 5 rings (SSSR count). The Labute approximate surface area is 263 Å². The van der Waals surface area contributed by atoms with Crippen LogP contribution in [0.1, 0.15) is 27.7 Å². The number of carboxylic acid groups (broad SMARTS) is 2. The van der Waals surface area contributed by atoms with Gasteiger partial charge in [0.05, 0.1) is 17.2 Å². The van der Waals surface area contributed by atoms with E-state index in [1.165, 1.54) is 0 Å². The summed E-state index contributed by atoms with van der Waals surface area (Å²) in [6.45, 7) is 12.8. The summed E-state index contributed by atoms with van der Waals surface area (Å²) in [4.78, 5) is 46.0. The lowest BCUT2D eigenvalue weighted by atomic mass is 9.99. The molecule has 45 heavy (non-hydrogen) atoms. The highest BCUT2D eigenvalue weighted by atomic mass is 16.4. The average molecular weight is 619 g/mol. The molecule has 2 saturated heterocycles. The van der Waals surface area contributed by atoms with Crippen molar-refractivity contribution in [3.8, 4) is 6.19 Å². The number of anilines is 2. The van der Waals surface area contributed by atoms with Crippen LogP contribution in [-0.4, -0.2) is 112 Å². The number of carbonyl (C=O) groups is 2. The molecule has 0 amide bonds. The molecule has 3 aromatic rings. The van der Waals surface area contributed by atoms with Crippen molar-refractivity contribution in [1.29, 1.82) is 5.26 Å². The second-order valence-electron chi connectivity index (χ2n) is 11.0. The Balaban J connectivity index is 0.000000619. The first-order valence-corrected chi connectivity index (χ1v) is 14.7. The molecule has 2 aliphatic rings. The van der Waals surface area contributed by atoms with Crippen LogP contribution in [0, 0.1) is 17.4 Å². The van der Waals surface area contributed by atoms with Gasteiger partial charge in [-0.3, -0.25) is 19.9 Å². The lowest BCUT2D eigenvalue weighted by Gasteiger charge is -2.44. The number of nitrogens with one attached hydrogen (secondary N) is 1. The number of aliphatic imine (C=N–C) groups is 1. The zero-order chi connectivity index (χ0) is 32.9. The molecule has 0 bridgehead atoms. The van der Waals surface area contributed by atoms with Crippen LogP contribution in [0.2, 0.25) is 0 Å². The van der Waals surface area contributed by atoms with Gasteiger partial charge in [0.25, 0.3) is 11.9 Å². The number of likely N-dealkylation sites (N-methyl/N-ethyl adjacent to an activating group) is 1. The van der Waals surface area contributed by atoms with Crippen LogP contribution in [0.4, 0.5) is 17.5 Å². The minimum absolute atomic E-state index is 0.142. The van der Waals surface area contributed by atoms with Gasteiger partial charge in [-0.15, -0.1) is 0 Å². The molecule has 2 aliphatic heterocycles. The van der Waals surface area contributed by atoms with Crippen LogP contribution in [-0.2, 0) is 9.59 Å². The number of hydrogen-bond acceptors (Lipinski definition) is 10. The highest BCUT2D eigenvalue weighted by Crippen LogP contribution is 2.27. The monoisotopic (exact) mass is 618 g/mol. The predicted octanol–water partition coefficient (Wildman–Crippen LogP) is 2.86. The summed E-state index contributed by atoms with van der Waals surface area (Å²) >= 11 is 0. The number of benzene rings is 1. The van der Waals surface area contributed by atoms with E-state index in [2.05, 4.69) is 62.0 Å². The Bertz CT molecular complexity index is 1480. The number of carboxylic acids is 2. The second-order valence-corrected chi connectivity index (χ2v) is 11.0. The van der Waals surface area contributed by atoms with Crippen molar-refractivity contribution in [2.45, 2.75) is 33.7 Å². The largest absolute Gasteiger partial charge is 0.481 e. The maximum Gasteiger partial charge on any atom is 0.300 e. The molecule has 0 aliphatic carbocycles. The van der Waals surface area contributed by atoms with Gasteiger partial charge in [0, 0.05) is 77.4 Å². The first-order chi connectivity index (χ1) is 21.5.